The number of rotatable bonds is 5. The van der Waals surface area contributed by atoms with Crippen LogP contribution in [0, 0.1) is 12.3 Å². The summed E-state index contributed by atoms with van der Waals surface area (Å²) in [6.07, 6.45) is 10.9. The zero-order valence-electron chi connectivity index (χ0n) is 8.01. The molecule has 0 aromatic rings. The molecule has 0 atom stereocenters. The first kappa shape index (κ1) is 10.3. The molecule has 1 rings (SSSR count). The van der Waals surface area contributed by atoms with E-state index in [9.17, 15) is 4.79 Å². The first-order valence-electron chi connectivity index (χ1n) is 4.90. The van der Waals surface area contributed by atoms with Gasteiger partial charge < -0.3 is 5.73 Å². The van der Waals surface area contributed by atoms with Crippen molar-refractivity contribution in [3.63, 3.8) is 0 Å². The van der Waals surface area contributed by atoms with Crippen LogP contribution in [0.3, 0.4) is 0 Å². The van der Waals surface area contributed by atoms with Crippen LogP contribution >= 0.6 is 0 Å². The van der Waals surface area contributed by atoms with Crippen LogP contribution in [0.25, 0.3) is 0 Å². The summed E-state index contributed by atoms with van der Waals surface area (Å²) in [5.74, 6) is 2.81. The average Bonchev–Trinajstić information content (AvgIpc) is 2.02. The first-order chi connectivity index (χ1) is 6.16. The molecule has 0 bridgehead atoms. The molecule has 0 unspecified atom stereocenters. The van der Waals surface area contributed by atoms with E-state index in [4.69, 9.17) is 12.2 Å². The molecule has 13 heavy (non-hydrogen) atoms. The molecule has 2 nitrogen and oxygen atoms in total. The maximum absolute atomic E-state index is 11.4. The zero-order chi connectivity index (χ0) is 9.73. The molecule has 1 aliphatic carbocycles. The van der Waals surface area contributed by atoms with Gasteiger partial charge in [-0.25, -0.2) is 0 Å². The van der Waals surface area contributed by atoms with E-state index >= 15 is 0 Å². The molecule has 1 aliphatic rings. The fraction of sp³-hybridized carbons (Fsp3) is 0.727. The molecule has 0 aromatic carbocycles. The molecule has 0 aromatic heterocycles. The Morgan fingerprint density at radius 3 is 2.69 bits per heavy atom. The van der Waals surface area contributed by atoms with Gasteiger partial charge in [-0.05, 0) is 25.7 Å². The number of unbranched alkanes of at least 4 members (excludes halogenated alkanes) is 1. The molecule has 0 amide bonds. The van der Waals surface area contributed by atoms with Crippen LogP contribution in [0.5, 0.6) is 0 Å². The summed E-state index contributed by atoms with van der Waals surface area (Å²) in [6, 6.07) is 0. The smallest absolute Gasteiger partial charge is 0.134 e. The van der Waals surface area contributed by atoms with Gasteiger partial charge in [-0.3, -0.25) is 4.79 Å². The van der Waals surface area contributed by atoms with Gasteiger partial charge in [-0.1, -0.05) is 0 Å². The van der Waals surface area contributed by atoms with Crippen LogP contribution in [-0.2, 0) is 4.79 Å². The maximum atomic E-state index is 11.4. The van der Waals surface area contributed by atoms with E-state index < -0.39 is 0 Å². The highest BCUT2D eigenvalue weighted by Crippen LogP contribution is 2.32. The molecule has 2 N–H and O–H groups in total. The van der Waals surface area contributed by atoms with Crippen molar-refractivity contribution in [2.24, 2.45) is 5.73 Å². The van der Waals surface area contributed by atoms with Crippen molar-refractivity contribution in [2.75, 3.05) is 0 Å². The first-order valence-corrected chi connectivity index (χ1v) is 4.90. The molecule has 0 radical (unpaired) electrons. The second-order valence-electron chi connectivity index (χ2n) is 3.99. The number of nitrogens with two attached hydrogens (primary N) is 1. The summed E-state index contributed by atoms with van der Waals surface area (Å²) < 4.78 is 0. The van der Waals surface area contributed by atoms with Crippen molar-refractivity contribution in [1.82, 2.24) is 0 Å². The molecule has 0 aliphatic heterocycles. The number of hydrogen-bond acceptors (Lipinski definition) is 2. The van der Waals surface area contributed by atoms with Gasteiger partial charge in [0, 0.05) is 24.8 Å². The van der Waals surface area contributed by atoms with Gasteiger partial charge in [-0.15, -0.1) is 12.3 Å². The minimum Gasteiger partial charge on any atom is -0.325 e. The highest BCUT2D eigenvalue weighted by Gasteiger charge is 2.34. The number of carbonyl (C=O) groups is 1. The lowest BCUT2D eigenvalue weighted by Crippen LogP contribution is -2.48. The number of Topliss-reactive ketones (excluding diaryl/α,β-unsaturated/α-hetero) is 1. The van der Waals surface area contributed by atoms with Gasteiger partial charge in [-0.2, -0.15) is 0 Å². The van der Waals surface area contributed by atoms with Gasteiger partial charge in [0.05, 0.1) is 0 Å². The minimum absolute atomic E-state index is 0.159. The van der Waals surface area contributed by atoms with E-state index in [2.05, 4.69) is 5.92 Å². The number of terminal acetylenes is 1. The predicted octanol–water partition coefficient (Wildman–Crippen LogP) is 1.63. The largest absolute Gasteiger partial charge is 0.325 e. The maximum Gasteiger partial charge on any atom is 0.134 e. The third kappa shape index (κ3) is 3.20. The molecule has 0 spiro atoms. The highest BCUT2D eigenvalue weighted by atomic mass is 16.1. The zero-order valence-corrected chi connectivity index (χ0v) is 8.01. The molecule has 0 saturated heterocycles. The van der Waals surface area contributed by atoms with Gasteiger partial charge in [0.25, 0.3) is 0 Å². The molecule has 1 saturated carbocycles. The SMILES string of the molecule is C#CCCCC(=O)CC1(N)CCC1. The van der Waals surface area contributed by atoms with E-state index in [-0.39, 0.29) is 11.3 Å². The Hall–Kier alpha value is -0.810. The summed E-state index contributed by atoms with van der Waals surface area (Å²) in [5.41, 5.74) is 5.79. The third-order valence-corrected chi connectivity index (χ3v) is 2.68. The third-order valence-electron chi connectivity index (χ3n) is 2.68. The Bertz CT molecular complexity index is 223. The van der Waals surface area contributed by atoms with Gasteiger partial charge in [0.2, 0.25) is 0 Å². The van der Waals surface area contributed by atoms with E-state index in [1.54, 1.807) is 0 Å². The highest BCUT2D eigenvalue weighted by molar-refractivity contribution is 5.79. The second-order valence-corrected chi connectivity index (χ2v) is 3.99. The quantitative estimate of drug-likeness (QED) is 0.515. The fourth-order valence-electron chi connectivity index (χ4n) is 1.68. The van der Waals surface area contributed by atoms with Crippen molar-refractivity contribution in [1.29, 1.82) is 0 Å². The van der Waals surface area contributed by atoms with Crippen LogP contribution in [-0.4, -0.2) is 11.3 Å². The van der Waals surface area contributed by atoms with E-state index in [1.807, 2.05) is 0 Å². The predicted molar refractivity (Wildman–Crippen MR) is 53.1 cm³/mol. The number of hydrogen-bond donors (Lipinski definition) is 1. The van der Waals surface area contributed by atoms with Crippen molar-refractivity contribution in [2.45, 2.75) is 50.5 Å². The van der Waals surface area contributed by atoms with Crippen LogP contribution in [0.15, 0.2) is 0 Å². The molecular weight excluding hydrogens is 162 g/mol. The minimum atomic E-state index is -0.159. The summed E-state index contributed by atoms with van der Waals surface area (Å²) in [7, 11) is 0. The Morgan fingerprint density at radius 1 is 1.54 bits per heavy atom. The monoisotopic (exact) mass is 179 g/mol. The Morgan fingerprint density at radius 2 is 2.23 bits per heavy atom. The van der Waals surface area contributed by atoms with E-state index in [0.29, 0.717) is 19.3 Å². The summed E-state index contributed by atoms with van der Waals surface area (Å²) in [5, 5.41) is 0. The normalized spacial score (nSPS) is 18.8. The van der Waals surface area contributed by atoms with Crippen molar-refractivity contribution >= 4 is 5.78 Å². The lowest BCUT2D eigenvalue weighted by Gasteiger charge is -2.37. The van der Waals surface area contributed by atoms with Crippen molar-refractivity contribution in [3.8, 4) is 12.3 Å². The lowest BCUT2D eigenvalue weighted by molar-refractivity contribution is -0.121. The van der Waals surface area contributed by atoms with Crippen LogP contribution in [0.4, 0.5) is 0 Å². The topological polar surface area (TPSA) is 43.1 Å². The molecule has 2 heteroatoms. The lowest BCUT2D eigenvalue weighted by atomic mass is 9.74. The van der Waals surface area contributed by atoms with Crippen LogP contribution in [0.1, 0.15) is 44.9 Å². The van der Waals surface area contributed by atoms with E-state index in [0.717, 1.165) is 19.3 Å². The van der Waals surface area contributed by atoms with Crippen LogP contribution < -0.4 is 5.73 Å². The Kier molecular flexibility index (Phi) is 3.50. The summed E-state index contributed by atoms with van der Waals surface area (Å²) in [4.78, 5) is 11.4. The van der Waals surface area contributed by atoms with Gasteiger partial charge in [0.15, 0.2) is 0 Å². The van der Waals surface area contributed by atoms with E-state index in [1.165, 1.54) is 6.42 Å². The Labute approximate surface area is 79.9 Å². The van der Waals surface area contributed by atoms with Crippen molar-refractivity contribution in [3.05, 3.63) is 0 Å². The second kappa shape index (κ2) is 4.43. The van der Waals surface area contributed by atoms with Gasteiger partial charge in [0.1, 0.15) is 5.78 Å². The molecule has 0 heterocycles. The standard InChI is InChI=1S/C11H17NO/c1-2-3-4-6-10(13)9-11(12)7-5-8-11/h1H,3-9,12H2. The number of carbonyl (C=O) groups excluding carboxylic acids is 1. The molecular formula is C11H17NO. The van der Waals surface area contributed by atoms with Gasteiger partial charge >= 0.3 is 0 Å². The Balaban J connectivity index is 2.14. The summed E-state index contributed by atoms with van der Waals surface area (Å²) in [6.45, 7) is 0. The van der Waals surface area contributed by atoms with Crippen molar-refractivity contribution < 1.29 is 4.79 Å². The average molecular weight is 179 g/mol. The molecule has 1 fully saturated rings. The summed E-state index contributed by atoms with van der Waals surface area (Å²) >= 11 is 0. The fourth-order valence-corrected chi connectivity index (χ4v) is 1.68. The van der Waals surface area contributed by atoms with Crippen LogP contribution in [0.2, 0.25) is 0 Å². The number of ketones is 1. The molecule has 72 valence electrons.